The summed E-state index contributed by atoms with van der Waals surface area (Å²) in [5, 5.41) is 0. The Hall–Kier alpha value is -0.160. The predicted molar refractivity (Wildman–Crippen MR) is 56.7 cm³/mol. The quantitative estimate of drug-likeness (QED) is 0.489. The molecule has 0 aliphatic heterocycles. The molecule has 0 unspecified atom stereocenters. The standard InChI is InChI=1S/C10H23NO3/c1-11(2)5-4-6-13-9-10-14-8-7-12-3/h4-10H2,1-3H3. The maximum absolute atomic E-state index is 5.37. The van der Waals surface area contributed by atoms with Gasteiger partial charge in [0.25, 0.3) is 0 Å². The highest BCUT2D eigenvalue weighted by Crippen LogP contribution is 1.86. The van der Waals surface area contributed by atoms with Gasteiger partial charge in [-0.2, -0.15) is 0 Å². The van der Waals surface area contributed by atoms with E-state index in [1.165, 1.54) is 0 Å². The summed E-state index contributed by atoms with van der Waals surface area (Å²) in [6.45, 7) is 4.52. The number of ether oxygens (including phenoxy) is 3. The van der Waals surface area contributed by atoms with Crippen LogP contribution >= 0.6 is 0 Å². The second-order valence-electron chi connectivity index (χ2n) is 3.37. The third kappa shape index (κ3) is 11.8. The Morgan fingerprint density at radius 1 is 0.857 bits per heavy atom. The van der Waals surface area contributed by atoms with Crippen molar-refractivity contribution in [1.82, 2.24) is 4.90 Å². The molecule has 0 bridgehead atoms. The van der Waals surface area contributed by atoms with Crippen LogP contribution in [0, 0.1) is 0 Å². The SMILES string of the molecule is COCCOCCOCCCN(C)C. The molecule has 14 heavy (non-hydrogen) atoms. The zero-order valence-corrected chi connectivity index (χ0v) is 9.62. The lowest BCUT2D eigenvalue weighted by molar-refractivity contribution is 0.0234. The second kappa shape index (κ2) is 10.9. The Morgan fingerprint density at radius 3 is 2.00 bits per heavy atom. The zero-order chi connectivity index (χ0) is 10.6. The highest BCUT2D eigenvalue weighted by atomic mass is 16.5. The van der Waals surface area contributed by atoms with Crippen molar-refractivity contribution >= 4 is 0 Å². The zero-order valence-electron chi connectivity index (χ0n) is 9.62. The number of hydrogen-bond acceptors (Lipinski definition) is 4. The van der Waals surface area contributed by atoms with Gasteiger partial charge < -0.3 is 19.1 Å². The van der Waals surface area contributed by atoms with Crippen LogP contribution in [0.3, 0.4) is 0 Å². The molecule has 0 spiro atoms. The van der Waals surface area contributed by atoms with Crippen LogP contribution in [0.1, 0.15) is 6.42 Å². The van der Waals surface area contributed by atoms with Crippen LogP contribution in [0.25, 0.3) is 0 Å². The van der Waals surface area contributed by atoms with E-state index in [0.29, 0.717) is 26.4 Å². The Kier molecular flexibility index (Phi) is 10.8. The van der Waals surface area contributed by atoms with Crippen LogP contribution in [0.5, 0.6) is 0 Å². The molecule has 0 aliphatic carbocycles. The molecule has 4 nitrogen and oxygen atoms in total. The van der Waals surface area contributed by atoms with Crippen molar-refractivity contribution in [2.24, 2.45) is 0 Å². The Morgan fingerprint density at radius 2 is 1.43 bits per heavy atom. The highest BCUT2D eigenvalue weighted by molar-refractivity contribution is 4.42. The minimum Gasteiger partial charge on any atom is -0.382 e. The smallest absolute Gasteiger partial charge is 0.0701 e. The topological polar surface area (TPSA) is 30.9 Å². The fourth-order valence-electron chi connectivity index (χ4n) is 0.947. The lowest BCUT2D eigenvalue weighted by atomic mass is 10.4. The number of nitrogens with zero attached hydrogens (tertiary/aromatic N) is 1. The molecule has 0 saturated heterocycles. The van der Waals surface area contributed by atoms with Crippen LogP contribution in [-0.4, -0.2) is 65.7 Å². The molecule has 0 rings (SSSR count). The maximum Gasteiger partial charge on any atom is 0.0701 e. The molecule has 0 amide bonds. The molecule has 0 saturated carbocycles. The van der Waals surface area contributed by atoms with Crippen LogP contribution in [0.4, 0.5) is 0 Å². The van der Waals surface area contributed by atoms with Crippen LogP contribution in [-0.2, 0) is 14.2 Å². The van der Waals surface area contributed by atoms with E-state index >= 15 is 0 Å². The summed E-state index contributed by atoms with van der Waals surface area (Å²) in [4.78, 5) is 2.15. The van der Waals surface area contributed by atoms with E-state index in [1.807, 2.05) is 0 Å². The molecule has 0 aromatic rings. The van der Waals surface area contributed by atoms with Gasteiger partial charge >= 0.3 is 0 Å². The average Bonchev–Trinajstić information content (AvgIpc) is 2.15. The molecule has 0 radical (unpaired) electrons. The molecule has 0 aromatic carbocycles. The molecule has 0 heterocycles. The molecule has 0 atom stereocenters. The van der Waals surface area contributed by atoms with E-state index in [4.69, 9.17) is 14.2 Å². The van der Waals surface area contributed by atoms with Crippen molar-refractivity contribution in [2.75, 3.05) is 60.8 Å². The van der Waals surface area contributed by atoms with Gasteiger partial charge in [0.05, 0.1) is 26.4 Å². The van der Waals surface area contributed by atoms with Gasteiger partial charge in [0, 0.05) is 13.7 Å². The van der Waals surface area contributed by atoms with E-state index in [9.17, 15) is 0 Å². The Balaban J connectivity index is 2.85. The van der Waals surface area contributed by atoms with Gasteiger partial charge in [0.2, 0.25) is 0 Å². The van der Waals surface area contributed by atoms with Crippen LogP contribution in [0.2, 0.25) is 0 Å². The largest absolute Gasteiger partial charge is 0.382 e. The third-order valence-electron chi connectivity index (χ3n) is 1.70. The summed E-state index contributed by atoms with van der Waals surface area (Å²) in [7, 11) is 5.79. The fourth-order valence-corrected chi connectivity index (χ4v) is 0.947. The fraction of sp³-hybridized carbons (Fsp3) is 1.00. The Bertz CT molecular complexity index is 110. The van der Waals surface area contributed by atoms with Crippen molar-refractivity contribution in [2.45, 2.75) is 6.42 Å². The Labute approximate surface area is 87.1 Å². The van der Waals surface area contributed by atoms with Crippen molar-refractivity contribution in [3.05, 3.63) is 0 Å². The highest BCUT2D eigenvalue weighted by Gasteiger charge is 1.92. The van der Waals surface area contributed by atoms with E-state index in [0.717, 1.165) is 19.6 Å². The molecule has 0 aliphatic rings. The van der Waals surface area contributed by atoms with Gasteiger partial charge in [-0.05, 0) is 27.1 Å². The van der Waals surface area contributed by atoms with Crippen LogP contribution in [0.15, 0.2) is 0 Å². The molecule has 0 aromatic heterocycles. The summed E-state index contributed by atoms with van der Waals surface area (Å²) in [6.07, 6.45) is 1.07. The molecule has 86 valence electrons. The lowest BCUT2D eigenvalue weighted by Crippen LogP contribution is -2.15. The summed E-state index contributed by atoms with van der Waals surface area (Å²) in [6, 6.07) is 0. The van der Waals surface area contributed by atoms with Gasteiger partial charge in [-0.25, -0.2) is 0 Å². The van der Waals surface area contributed by atoms with Crippen molar-refractivity contribution in [1.29, 1.82) is 0 Å². The van der Waals surface area contributed by atoms with Gasteiger partial charge in [-0.15, -0.1) is 0 Å². The maximum atomic E-state index is 5.37. The van der Waals surface area contributed by atoms with Gasteiger partial charge in [-0.3, -0.25) is 0 Å². The van der Waals surface area contributed by atoms with Gasteiger partial charge in [0.1, 0.15) is 0 Å². The molecule has 0 N–H and O–H groups in total. The molecule has 4 heteroatoms. The van der Waals surface area contributed by atoms with E-state index in [2.05, 4.69) is 19.0 Å². The van der Waals surface area contributed by atoms with Crippen molar-refractivity contribution in [3.8, 4) is 0 Å². The van der Waals surface area contributed by atoms with Crippen molar-refractivity contribution in [3.63, 3.8) is 0 Å². The minimum atomic E-state index is 0.650. The van der Waals surface area contributed by atoms with Crippen molar-refractivity contribution < 1.29 is 14.2 Å². The second-order valence-corrected chi connectivity index (χ2v) is 3.37. The van der Waals surface area contributed by atoms with Gasteiger partial charge in [0.15, 0.2) is 0 Å². The summed E-state index contributed by atoms with van der Waals surface area (Å²) >= 11 is 0. The molecule has 0 fully saturated rings. The van der Waals surface area contributed by atoms with E-state index in [-0.39, 0.29) is 0 Å². The monoisotopic (exact) mass is 205 g/mol. The number of methoxy groups -OCH3 is 1. The van der Waals surface area contributed by atoms with E-state index in [1.54, 1.807) is 7.11 Å². The first-order valence-corrected chi connectivity index (χ1v) is 5.06. The lowest BCUT2D eigenvalue weighted by Gasteiger charge is -2.09. The molecular weight excluding hydrogens is 182 g/mol. The van der Waals surface area contributed by atoms with Gasteiger partial charge in [-0.1, -0.05) is 0 Å². The molecular formula is C10H23NO3. The number of rotatable bonds is 10. The van der Waals surface area contributed by atoms with Crippen LogP contribution < -0.4 is 0 Å². The third-order valence-corrected chi connectivity index (χ3v) is 1.70. The summed E-state index contributed by atoms with van der Waals surface area (Å²) < 4.78 is 15.5. The van der Waals surface area contributed by atoms with E-state index < -0.39 is 0 Å². The first kappa shape index (κ1) is 13.8. The normalized spacial score (nSPS) is 11.1. The predicted octanol–water partition coefficient (Wildman–Crippen LogP) is 0.618. The summed E-state index contributed by atoms with van der Waals surface area (Å²) in [5.74, 6) is 0. The summed E-state index contributed by atoms with van der Waals surface area (Å²) in [5.41, 5.74) is 0. The number of hydrogen-bond donors (Lipinski definition) is 0. The minimum absolute atomic E-state index is 0.650. The first-order valence-electron chi connectivity index (χ1n) is 5.06. The average molecular weight is 205 g/mol. The first-order chi connectivity index (χ1) is 6.77.